The second kappa shape index (κ2) is 6.25. The SMILES string of the molecule is C#N.[Cu].c1ccc2ccccc2c1. The van der Waals surface area contributed by atoms with Crippen molar-refractivity contribution in [3.8, 4) is 6.57 Å². The van der Waals surface area contributed by atoms with Gasteiger partial charge in [0, 0.05) is 23.6 Å². The van der Waals surface area contributed by atoms with Gasteiger partial charge in [0.1, 0.15) is 0 Å². The Labute approximate surface area is 88.5 Å². The van der Waals surface area contributed by atoms with Crippen LogP contribution in [0.4, 0.5) is 0 Å². The smallest absolute Gasteiger partial charge is 0.0462 e. The van der Waals surface area contributed by atoms with Crippen LogP contribution in [0.3, 0.4) is 0 Å². The maximum atomic E-state index is 6.50. The van der Waals surface area contributed by atoms with Gasteiger partial charge in [-0.1, -0.05) is 48.5 Å². The summed E-state index contributed by atoms with van der Waals surface area (Å²) in [5, 5.41) is 9.12. The second-order valence-electron chi connectivity index (χ2n) is 2.35. The molecule has 0 spiro atoms. The van der Waals surface area contributed by atoms with E-state index >= 15 is 0 Å². The van der Waals surface area contributed by atoms with Crippen LogP contribution < -0.4 is 0 Å². The summed E-state index contributed by atoms with van der Waals surface area (Å²) < 4.78 is 0. The summed E-state index contributed by atoms with van der Waals surface area (Å²) in [6, 6.07) is 16.7. The van der Waals surface area contributed by atoms with Crippen molar-refractivity contribution in [1.29, 1.82) is 5.26 Å². The van der Waals surface area contributed by atoms with Crippen LogP contribution in [-0.2, 0) is 17.1 Å². The third kappa shape index (κ3) is 2.91. The minimum atomic E-state index is 0. The third-order valence-electron chi connectivity index (χ3n) is 1.66. The van der Waals surface area contributed by atoms with Crippen molar-refractivity contribution >= 4 is 10.8 Å². The van der Waals surface area contributed by atoms with Gasteiger partial charge in [-0.2, -0.15) is 0 Å². The summed E-state index contributed by atoms with van der Waals surface area (Å²) >= 11 is 0. The van der Waals surface area contributed by atoms with Gasteiger partial charge in [0.25, 0.3) is 0 Å². The Balaban J connectivity index is 0.000000451. The van der Waals surface area contributed by atoms with Crippen molar-refractivity contribution in [2.24, 2.45) is 0 Å². The largest absolute Gasteiger partial charge is 0.202 e. The normalized spacial score (nSPS) is 7.85. The number of benzene rings is 2. The number of nitriles is 1. The topological polar surface area (TPSA) is 23.8 Å². The molecule has 0 heterocycles. The van der Waals surface area contributed by atoms with Gasteiger partial charge >= 0.3 is 0 Å². The van der Waals surface area contributed by atoms with Gasteiger partial charge in [-0.25, -0.2) is 5.26 Å². The van der Waals surface area contributed by atoms with E-state index in [9.17, 15) is 0 Å². The summed E-state index contributed by atoms with van der Waals surface area (Å²) in [6.45, 7) is 3.50. The van der Waals surface area contributed by atoms with E-state index in [1.807, 2.05) is 0 Å². The molecule has 2 aromatic carbocycles. The Bertz CT molecular complexity index is 316. The molecule has 0 aliphatic rings. The summed E-state index contributed by atoms with van der Waals surface area (Å²) in [5.41, 5.74) is 0. The molecule has 0 aliphatic carbocycles. The fraction of sp³-hybridized carbons (Fsp3) is 0. The molecule has 1 nitrogen and oxygen atoms in total. The molecule has 2 rings (SSSR count). The van der Waals surface area contributed by atoms with E-state index in [-0.39, 0.29) is 17.1 Å². The number of nitrogens with zero attached hydrogens (tertiary/aromatic N) is 1. The van der Waals surface area contributed by atoms with Crippen LogP contribution in [-0.4, -0.2) is 0 Å². The molecule has 0 unspecified atom stereocenters. The van der Waals surface area contributed by atoms with Crippen LogP contribution in [0.25, 0.3) is 10.8 Å². The van der Waals surface area contributed by atoms with Crippen molar-refractivity contribution in [2.75, 3.05) is 0 Å². The molecule has 0 amide bonds. The summed E-state index contributed by atoms with van der Waals surface area (Å²) in [6.07, 6.45) is 0. The van der Waals surface area contributed by atoms with Gasteiger partial charge in [0.15, 0.2) is 0 Å². The zero-order valence-electron chi connectivity index (χ0n) is 6.94. The summed E-state index contributed by atoms with van der Waals surface area (Å²) in [4.78, 5) is 0. The second-order valence-corrected chi connectivity index (χ2v) is 2.35. The molecular weight excluding hydrogens is 210 g/mol. The van der Waals surface area contributed by atoms with E-state index in [2.05, 4.69) is 55.1 Å². The maximum Gasteiger partial charge on any atom is 0.0462 e. The summed E-state index contributed by atoms with van der Waals surface area (Å²) in [7, 11) is 0. The van der Waals surface area contributed by atoms with E-state index in [4.69, 9.17) is 5.26 Å². The van der Waals surface area contributed by atoms with Crippen LogP contribution in [0.15, 0.2) is 48.5 Å². The molecule has 0 saturated carbocycles. The van der Waals surface area contributed by atoms with Crippen LogP contribution in [0.2, 0.25) is 0 Å². The average Bonchev–Trinajstić information content (AvgIpc) is 2.21. The Kier molecular flexibility index (Phi) is 5.63. The predicted molar refractivity (Wildman–Crippen MR) is 50.6 cm³/mol. The molecule has 69 valence electrons. The van der Waals surface area contributed by atoms with Crippen molar-refractivity contribution in [3.05, 3.63) is 48.5 Å². The van der Waals surface area contributed by atoms with Crippen LogP contribution in [0, 0.1) is 11.8 Å². The number of hydrogen-bond donors (Lipinski definition) is 0. The minimum Gasteiger partial charge on any atom is -0.202 e. The molecule has 0 fully saturated rings. The predicted octanol–water partition coefficient (Wildman–Crippen LogP) is 2.98. The fourth-order valence-electron chi connectivity index (χ4n) is 1.13. The fourth-order valence-corrected chi connectivity index (χ4v) is 1.13. The first-order valence-corrected chi connectivity index (χ1v) is 3.66. The van der Waals surface area contributed by atoms with Gasteiger partial charge in [0.05, 0.1) is 0 Å². The number of fused-ring (bicyclic) bond motifs is 1. The first kappa shape index (κ1) is 11.7. The van der Waals surface area contributed by atoms with Gasteiger partial charge in [-0.15, -0.1) is 0 Å². The zero-order valence-corrected chi connectivity index (χ0v) is 7.89. The molecule has 0 aliphatic heterocycles. The van der Waals surface area contributed by atoms with Gasteiger partial charge in [-0.3, -0.25) is 0 Å². The third-order valence-corrected chi connectivity index (χ3v) is 1.66. The van der Waals surface area contributed by atoms with Crippen LogP contribution in [0.1, 0.15) is 0 Å². The molecule has 2 aromatic rings. The molecule has 0 N–H and O–H groups in total. The van der Waals surface area contributed by atoms with E-state index in [0.29, 0.717) is 0 Å². The molecule has 0 bridgehead atoms. The average molecular weight is 219 g/mol. The molecule has 0 atom stereocenters. The number of rotatable bonds is 0. The maximum absolute atomic E-state index is 6.50. The van der Waals surface area contributed by atoms with E-state index in [1.54, 1.807) is 0 Å². The molecular formula is C11H9CuN. The number of hydrogen-bond acceptors (Lipinski definition) is 1. The van der Waals surface area contributed by atoms with Crippen molar-refractivity contribution in [3.63, 3.8) is 0 Å². The van der Waals surface area contributed by atoms with E-state index in [0.717, 1.165) is 0 Å². The zero-order chi connectivity index (χ0) is 8.81. The first-order chi connectivity index (χ1) is 5.97. The minimum absolute atomic E-state index is 0. The van der Waals surface area contributed by atoms with Crippen molar-refractivity contribution in [1.82, 2.24) is 0 Å². The van der Waals surface area contributed by atoms with Crippen LogP contribution >= 0.6 is 0 Å². The van der Waals surface area contributed by atoms with Gasteiger partial charge < -0.3 is 0 Å². The van der Waals surface area contributed by atoms with Crippen LogP contribution in [0.5, 0.6) is 0 Å². The molecule has 0 aromatic heterocycles. The van der Waals surface area contributed by atoms with Crippen molar-refractivity contribution in [2.45, 2.75) is 0 Å². The molecule has 2 heteroatoms. The Morgan fingerprint density at radius 2 is 0.923 bits per heavy atom. The monoisotopic (exact) mass is 218 g/mol. The Morgan fingerprint density at radius 1 is 0.692 bits per heavy atom. The standard InChI is InChI=1S/C10H8.CHN.Cu/c1-2-6-10-8-4-3-7-9(10)5-1;1-2;/h1-8H;1H;. The van der Waals surface area contributed by atoms with Gasteiger partial charge in [0.2, 0.25) is 0 Å². The molecule has 1 radical (unpaired) electrons. The van der Waals surface area contributed by atoms with Gasteiger partial charge in [-0.05, 0) is 10.8 Å². The van der Waals surface area contributed by atoms with E-state index < -0.39 is 0 Å². The summed E-state index contributed by atoms with van der Waals surface area (Å²) in [5.74, 6) is 0. The Morgan fingerprint density at radius 3 is 1.15 bits per heavy atom. The molecule has 0 saturated heterocycles. The molecule has 13 heavy (non-hydrogen) atoms. The Hall–Kier alpha value is -1.29. The quantitative estimate of drug-likeness (QED) is 0.624. The first-order valence-electron chi connectivity index (χ1n) is 3.66. The van der Waals surface area contributed by atoms with E-state index in [1.165, 1.54) is 10.8 Å². The van der Waals surface area contributed by atoms with Crippen molar-refractivity contribution < 1.29 is 17.1 Å².